The molecule has 19 heavy (non-hydrogen) atoms. The van der Waals surface area contributed by atoms with Crippen molar-refractivity contribution in [3.63, 3.8) is 0 Å². The summed E-state index contributed by atoms with van der Waals surface area (Å²) in [6, 6.07) is 8.68. The molecule has 1 amide bonds. The van der Waals surface area contributed by atoms with Crippen molar-refractivity contribution in [3.05, 3.63) is 35.4 Å². The first-order chi connectivity index (χ1) is 9.15. The van der Waals surface area contributed by atoms with E-state index in [1.54, 1.807) is 0 Å². The molecule has 3 heteroatoms. The summed E-state index contributed by atoms with van der Waals surface area (Å²) < 4.78 is 0. The monoisotopic (exact) mass is 260 g/mol. The van der Waals surface area contributed by atoms with E-state index >= 15 is 0 Å². The van der Waals surface area contributed by atoms with Crippen LogP contribution in [-0.4, -0.2) is 18.0 Å². The van der Waals surface area contributed by atoms with E-state index in [1.807, 2.05) is 0 Å². The van der Waals surface area contributed by atoms with Gasteiger partial charge in [-0.25, -0.2) is 0 Å². The maximum atomic E-state index is 11.9. The summed E-state index contributed by atoms with van der Waals surface area (Å²) in [5.41, 5.74) is 8.50. The maximum absolute atomic E-state index is 11.9. The van der Waals surface area contributed by atoms with Crippen LogP contribution in [0.15, 0.2) is 24.3 Å². The number of aryl methyl sites for hydroxylation is 2. The molecule has 1 aliphatic carbocycles. The third-order valence-corrected chi connectivity index (χ3v) is 3.93. The molecule has 0 radical (unpaired) electrons. The quantitative estimate of drug-likeness (QED) is 0.873. The lowest BCUT2D eigenvalue weighted by molar-refractivity contribution is -0.122. The van der Waals surface area contributed by atoms with Crippen molar-refractivity contribution in [2.45, 2.75) is 57.5 Å². The molecule has 1 fully saturated rings. The van der Waals surface area contributed by atoms with Crippen molar-refractivity contribution in [3.8, 4) is 0 Å². The Morgan fingerprint density at radius 2 is 1.95 bits per heavy atom. The standard InChI is InChI=1S/C16H24N2O/c1-12-6-8-13(9-7-12)10-11-16(19)18-15-5-3-2-4-14(15)17/h6-9,14-15H,2-5,10-11,17H2,1H3,(H,18,19). The summed E-state index contributed by atoms with van der Waals surface area (Å²) in [6.07, 6.45) is 5.77. The normalized spacial score (nSPS) is 23.1. The van der Waals surface area contributed by atoms with Gasteiger partial charge in [-0.1, -0.05) is 42.7 Å². The molecule has 0 saturated heterocycles. The van der Waals surface area contributed by atoms with Crippen LogP contribution in [0.4, 0.5) is 0 Å². The van der Waals surface area contributed by atoms with Crippen LogP contribution in [-0.2, 0) is 11.2 Å². The Labute approximate surface area is 115 Å². The molecule has 104 valence electrons. The van der Waals surface area contributed by atoms with Gasteiger partial charge in [0, 0.05) is 18.5 Å². The van der Waals surface area contributed by atoms with Crippen molar-refractivity contribution in [2.75, 3.05) is 0 Å². The minimum atomic E-state index is 0.128. The van der Waals surface area contributed by atoms with E-state index in [0.717, 1.165) is 19.3 Å². The molecule has 2 unspecified atom stereocenters. The van der Waals surface area contributed by atoms with Crippen molar-refractivity contribution in [1.82, 2.24) is 5.32 Å². The summed E-state index contributed by atoms with van der Waals surface area (Å²) in [7, 11) is 0. The van der Waals surface area contributed by atoms with Gasteiger partial charge in [-0.05, 0) is 31.7 Å². The number of nitrogens with two attached hydrogens (primary N) is 1. The molecular formula is C16H24N2O. The van der Waals surface area contributed by atoms with E-state index < -0.39 is 0 Å². The highest BCUT2D eigenvalue weighted by atomic mass is 16.1. The Kier molecular flexibility index (Phi) is 4.97. The predicted octanol–water partition coefficient (Wildman–Crippen LogP) is 2.31. The molecule has 2 rings (SSSR count). The highest BCUT2D eigenvalue weighted by Crippen LogP contribution is 2.17. The van der Waals surface area contributed by atoms with Crippen molar-refractivity contribution >= 4 is 5.91 Å². The summed E-state index contributed by atoms with van der Waals surface area (Å²) in [4.78, 5) is 11.9. The Morgan fingerprint density at radius 3 is 2.63 bits per heavy atom. The van der Waals surface area contributed by atoms with Gasteiger partial charge >= 0.3 is 0 Å². The molecule has 2 atom stereocenters. The van der Waals surface area contributed by atoms with Gasteiger partial charge in [0.05, 0.1) is 0 Å². The molecule has 1 aromatic rings. The van der Waals surface area contributed by atoms with Crippen LogP contribution >= 0.6 is 0 Å². The number of hydrogen-bond donors (Lipinski definition) is 2. The molecule has 1 aliphatic rings. The first-order valence-electron chi connectivity index (χ1n) is 7.25. The molecule has 1 saturated carbocycles. The van der Waals surface area contributed by atoms with E-state index in [0.29, 0.717) is 6.42 Å². The summed E-state index contributed by atoms with van der Waals surface area (Å²) in [5, 5.41) is 3.09. The number of nitrogens with one attached hydrogen (secondary N) is 1. The van der Waals surface area contributed by atoms with Crippen LogP contribution in [0.2, 0.25) is 0 Å². The van der Waals surface area contributed by atoms with Gasteiger partial charge in [0.25, 0.3) is 0 Å². The Hall–Kier alpha value is -1.35. The second kappa shape index (κ2) is 6.71. The SMILES string of the molecule is Cc1ccc(CCC(=O)NC2CCCCC2N)cc1. The predicted molar refractivity (Wildman–Crippen MR) is 77.9 cm³/mol. The fourth-order valence-corrected chi connectivity index (χ4v) is 2.63. The number of amides is 1. The first kappa shape index (κ1) is 14.1. The molecule has 0 spiro atoms. The zero-order valence-electron chi connectivity index (χ0n) is 11.7. The number of carbonyl (C=O) groups excluding carboxylic acids is 1. The zero-order valence-corrected chi connectivity index (χ0v) is 11.7. The molecule has 0 aliphatic heterocycles. The smallest absolute Gasteiger partial charge is 0.220 e. The summed E-state index contributed by atoms with van der Waals surface area (Å²) in [5.74, 6) is 0.128. The summed E-state index contributed by atoms with van der Waals surface area (Å²) in [6.45, 7) is 2.07. The topological polar surface area (TPSA) is 55.1 Å². The molecule has 0 heterocycles. The Morgan fingerprint density at radius 1 is 1.26 bits per heavy atom. The van der Waals surface area contributed by atoms with Gasteiger partial charge in [0.1, 0.15) is 0 Å². The number of hydrogen-bond acceptors (Lipinski definition) is 2. The highest BCUT2D eigenvalue weighted by molar-refractivity contribution is 5.76. The average molecular weight is 260 g/mol. The first-order valence-corrected chi connectivity index (χ1v) is 7.25. The number of benzene rings is 1. The fraction of sp³-hybridized carbons (Fsp3) is 0.562. The van der Waals surface area contributed by atoms with Crippen LogP contribution in [0.1, 0.15) is 43.2 Å². The van der Waals surface area contributed by atoms with E-state index in [2.05, 4.69) is 36.5 Å². The van der Waals surface area contributed by atoms with E-state index in [9.17, 15) is 4.79 Å². The molecular weight excluding hydrogens is 236 g/mol. The largest absolute Gasteiger partial charge is 0.352 e. The van der Waals surface area contributed by atoms with Crippen LogP contribution < -0.4 is 11.1 Å². The van der Waals surface area contributed by atoms with Gasteiger partial charge in [-0.2, -0.15) is 0 Å². The zero-order chi connectivity index (χ0) is 13.7. The summed E-state index contributed by atoms with van der Waals surface area (Å²) >= 11 is 0. The molecule has 0 bridgehead atoms. The van der Waals surface area contributed by atoms with Gasteiger partial charge in [-0.3, -0.25) is 4.79 Å². The van der Waals surface area contributed by atoms with Gasteiger partial charge in [0.2, 0.25) is 5.91 Å². The minimum absolute atomic E-state index is 0.128. The van der Waals surface area contributed by atoms with E-state index in [1.165, 1.54) is 24.0 Å². The second-order valence-electron chi connectivity index (χ2n) is 5.61. The van der Waals surface area contributed by atoms with Crippen molar-refractivity contribution in [1.29, 1.82) is 0 Å². The highest BCUT2D eigenvalue weighted by Gasteiger charge is 2.22. The lowest BCUT2D eigenvalue weighted by Gasteiger charge is -2.29. The van der Waals surface area contributed by atoms with Crippen LogP contribution in [0.3, 0.4) is 0 Å². The third-order valence-electron chi connectivity index (χ3n) is 3.93. The number of carbonyl (C=O) groups is 1. The lowest BCUT2D eigenvalue weighted by atomic mass is 9.91. The molecule has 0 aromatic heterocycles. The van der Waals surface area contributed by atoms with Crippen molar-refractivity contribution < 1.29 is 4.79 Å². The molecule has 3 N–H and O–H groups in total. The fourth-order valence-electron chi connectivity index (χ4n) is 2.63. The molecule has 3 nitrogen and oxygen atoms in total. The molecule has 1 aromatic carbocycles. The lowest BCUT2D eigenvalue weighted by Crippen LogP contribution is -2.49. The van der Waals surface area contributed by atoms with E-state index in [4.69, 9.17) is 5.73 Å². The Bertz CT molecular complexity index is 413. The van der Waals surface area contributed by atoms with Gasteiger partial charge < -0.3 is 11.1 Å². The van der Waals surface area contributed by atoms with Crippen LogP contribution in [0.5, 0.6) is 0 Å². The second-order valence-corrected chi connectivity index (χ2v) is 5.61. The average Bonchev–Trinajstić information content (AvgIpc) is 2.41. The van der Waals surface area contributed by atoms with E-state index in [-0.39, 0.29) is 18.0 Å². The van der Waals surface area contributed by atoms with Gasteiger partial charge in [0.15, 0.2) is 0 Å². The Balaban J connectivity index is 1.76. The minimum Gasteiger partial charge on any atom is -0.352 e. The maximum Gasteiger partial charge on any atom is 0.220 e. The van der Waals surface area contributed by atoms with Crippen molar-refractivity contribution in [2.24, 2.45) is 5.73 Å². The third kappa shape index (κ3) is 4.35. The van der Waals surface area contributed by atoms with Gasteiger partial charge in [-0.15, -0.1) is 0 Å². The van der Waals surface area contributed by atoms with Crippen LogP contribution in [0, 0.1) is 6.92 Å². The number of rotatable bonds is 4. The van der Waals surface area contributed by atoms with Crippen LogP contribution in [0.25, 0.3) is 0 Å².